The summed E-state index contributed by atoms with van der Waals surface area (Å²) >= 11 is 0. The van der Waals surface area contributed by atoms with Gasteiger partial charge in [-0.2, -0.15) is 16.8 Å². The Labute approximate surface area is 177 Å². The van der Waals surface area contributed by atoms with Crippen LogP contribution in [0.5, 0.6) is 0 Å². The molecule has 0 aliphatic heterocycles. The predicted octanol–water partition coefficient (Wildman–Crippen LogP) is 4.35. The fraction of sp³-hybridized carbons (Fsp3) is 0.273. The predicted molar refractivity (Wildman–Crippen MR) is 116 cm³/mol. The van der Waals surface area contributed by atoms with E-state index in [1.54, 1.807) is 20.8 Å². The largest absolute Gasteiger partial charge is 0.294 e. The van der Waals surface area contributed by atoms with Gasteiger partial charge in [0.05, 0.1) is 9.79 Å². The highest BCUT2D eigenvalue weighted by Gasteiger charge is 2.24. The topological polar surface area (TPSA) is 109 Å². The molecule has 30 heavy (non-hydrogen) atoms. The lowest BCUT2D eigenvalue weighted by molar-refractivity contribution is 0.480. The maximum absolute atomic E-state index is 12.1. The molecule has 3 aromatic rings. The van der Waals surface area contributed by atoms with Gasteiger partial charge in [0.2, 0.25) is 0 Å². The average molecular weight is 449 g/mol. The molecular weight excluding hydrogens is 424 g/mol. The normalized spacial score (nSPS) is 12.5. The Hall–Kier alpha value is -2.26. The Morgan fingerprint density at radius 2 is 1.23 bits per heavy atom. The summed E-state index contributed by atoms with van der Waals surface area (Å²) in [5.41, 5.74) is 4.35. The molecule has 0 aromatic heterocycles. The third-order valence-corrected chi connectivity index (χ3v) is 7.53. The second-order valence-electron chi connectivity index (χ2n) is 7.64. The van der Waals surface area contributed by atoms with Crippen molar-refractivity contribution in [2.24, 2.45) is 0 Å². The van der Waals surface area contributed by atoms with E-state index in [0.29, 0.717) is 45.9 Å². The van der Waals surface area contributed by atoms with Gasteiger partial charge in [0.1, 0.15) is 0 Å². The van der Waals surface area contributed by atoms with Gasteiger partial charge in [-0.15, -0.1) is 0 Å². The minimum absolute atomic E-state index is 0.246. The summed E-state index contributed by atoms with van der Waals surface area (Å²) in [7, 11) is -9.02. The number of fused-ring (bicyclic) bond motifs is 1. The molecule has 0 bridgehead atoms. The van der Waals surface area contributed by atoms with Crippen molar-refractivity contribution in [1.82, 2.24) is 0 Å². The molecule has 0 aliphatic rings. The Bertz CT molecular complexity index is 1350. The molecule has 2 N–H and O–H groups in total. The van der Waals surface area contributed by atoms with Gasteiger partial charge >= 0.3 is 0 Å². The fourth-order valence-corrected chi connectivity index (χ4v) is 5.58. The van der Waals surface area contributed by atoms with Crippen molar-refractivity contribution in [3.05, 3.63) is 69.8 Å². The van der Waals surface area contributed by atoms with Crippen LogP contribution in [-0.2, 0) is 33.1 Å². The van der Waals surface area contributed by atoms with Crippen LogP contribution in [-0.4, -0.2) is 25.9 Å². The van der Waals surface area contributed by atoms with Crippen LogP contribution in [0.1, 0.15) is 33.4 Å². The Morgan fingerprint density at radius 1 is 0.700 bits per heavy atom. The number of rotatable bonds is 5. The lowest BCUT2D eigenvalue weighted by Crippen LogP contribution is -2.09. The minimum Gasteiger partial charge on any atom is -0.282 e. The summed E-state index contributed by atoms with van der Waals surface area (Å²) in [6.07, 6.45) is 0.967. The van der Waals surface area contributed by atoms with E-state index in [-0.39, 0.29) is 9.79 Å². The van der Waals surface area contributed by atoms with E-state index in [9.17, 15) is 25.9 Å². The Kier molecular flexibility index (Phi) is 5.81. The van der Waals surface area contributed by atoms with E-state index in [1.165, 1.54) is 12.1 Å². The molecule has 0 fully saturated rings. The first-order valence-corrected chi connectivity index (χ1v) is 12.3. The molecule has 0 unspecified atom stereocenters. The number of hydrogen-bond acceptors (Lipinski definition) is 4. The fourth-order valence-electron chi connectivity index (χ4n) is 3.92. The van der Waals surface area contributed by atoms with E-state index >= 15 is 0 Å². The second kappa shape index (κ2) is 7.77. The number of hydrogen-bond donors (Lipinski definition) is 2. The highest BCUT2D eigenvalue weighted by atomic mass is 32.2. The zero-order valence-electron chi connectivity index (χ0n) is 17.2. The second-order valence-corrected chi connectivity index (χ2v) is 10.4. The average Bonchev–Trinajstić information content (AvgIpc) is 2.63. The monoisotopic (exact) mass is 448 g/mol. The first-order valence-electron chi connectivity index (χ1n) is 9.37. The summed E-state index contributed by atoms with van der Waals surface area (Å²) in [5.74, 6) is 0. The van der Waals surface area contributed by atoms with Crippen LogP contribution in [0.15, 0.2) is 46.2 Å². The highest BCUT2D eigenvalue weighted by Crippen LogP contribution is 2.35. The zero-order valence-corrected chi connectivity index (χ0v) is 18.9. The standard InChI is InChI=1S/C22H24O6S2/c1-13-5-7-17(8-6-13)9-10-19-16(4)22-15(3)14(2)20(29(23,24)25)11-18(22)12-21(19)30(26,27)28/h5-8,11-12H,9-10H2,1-4H3,(H,23,24,25)(H,26,27,28). The molecule has 8 heteroatoms. The van der Waals surface area contributed by atoms with Crippen molar-refractivity contribution in [2.75, 3.05) is 0 Å². The smallest absolute Gasteiger partial charge is 0.282 e. The minimum atomic E-state index is -4.54. The maximum Gasteiger partial charge on any atom is 0.294 e. The van der Waals surface area contributed by atoms with E-state index in [4.69, 9.17) is 0 Å². The van der Waals surface area contributed by atoms with Gasteiger partial charge in [0.15, 0.2) is 0 Å². The quantitative estimate of drug-likeness (QED) is 0.562. The summed E-state index contributed by atoms with van der Waals surface area (Å²) < 4.78 is 67.1. The van der Waals surface area contributed by atoms with Crippen molar-refractivity contribution < 1.29 is 25.9 Å². The summed E-state index contributed by atoms with van der Waals surface area (Å²) in [6.45, 7) is 7.08. The molecule has 160 valence electrons. The third kappa shape index (κ3) is 4.27. The molecule has 0 heterocycles. The van der Waals surface area contributed by atoms with E-state index in [1.807, 2.05) is 31.2 Å². The van der Waals surface area contributed by atoms with Crippen LogP contribution in [0.25, 0.3) is 10.8 Å². The number of aryl methyl sites for hydroxylation is 4. The van der Waals surface area contributed by atoms with Gasteiger partial charge in [-0.1, -0.05) is 29.8 Å². The molecule has 0 amide bonds. The van der Waals surface area contributed by atoms with Crippen LogP contribution in [0.3, 0.4) is 0 Å². The van der Waals surface area contributed by atoms with E-state index < -0.39 is 20.2 Å². The van der Waals surface area contributed by atoms with Crippen molar-refractivity contribution >= 4 is 31.0 Å². The molecule has 3 rings (SSSR count). The molecule has 0 saturated heterocycles. The zero-order chi connectivity index (χ0) is 22.4. The van der Waals surface area contributed by atoms with Gasteiger partial charge < -0.3 is 0 Å². The van der Waals surface area contributed by atoms with Crippen molar-refractivity contribution in [3.8, 4) is 0 Å². The molecule has 0 spiro atoms. The Balaban J connectivity index is 2.26. The first kappa shape index (κ1) is 22.4. The molecule has 0 atom stereocenters. The van der Waals surface area contributed by atoms with E-state index in [2.05, 4.69) is 0 Å². The third-order valence-electron chi connectivity index (χ3n) is 5.63. The summed E-state index contributed by atoms with van der Waals surface area (Å²) in [6, 6.07) is 10.5. The molecule has 0 radical (unpaired) electrons. The highest BCUT2D eigenvalue weighted by molar-refractivity contribution is 7.86. The van der Waals surface area contributed by atoms with Crippen LogP contribution in [0.4, 0.5) is 0 Å². The lowest BCUT2D eigenvalue weighted by atomic mass is 9.91. The summed E-state index contributed by atoms with van der Waals surface area (Å²) in [5, 5.41) is 1.04. The first-order chi connectivity index (χ1) is 13.8. The van der Waals surface area contributed by atoms with Crippen LogP contribution >= 0.6 is 0 Å². The molecule has 0 aliphatic carbocycles. The van der Waals surface area contributed by atoms with Crippen molar-refractivity contribution in [2.45, 2.75) is 50.3 Å². The Morgan fingerprint density at radius 3 is 1.77 bits per heavy atom. The van der Waals surface area contributed by atoms with Gasteiger partial charge in [-0.3, -0.25) is 9.11 Å². The van der Waals surface area contributed by atoms with Gasteiger partial charge in [-0.25, -0.2) is 0 Å². The molecule has 0 saturated carbocycles. The summed E-state index contributed by atoms with van der Waals surface area (Å²) in [4.78, 5) is -0.523. The van der Waals surface area contributed by atoms with Crippen molar-refractivity contribution in [3.63, 3.8) is 0 Å². The maximum atomic E-state index is 12.1. The SMILES string of the molecule is Cc1ccc(CCc2c(S(=O)(=O)O)cc3cc(S(=O)(=O)O)c(C)c(C)c3c2C)cc1. The number of benzene rings is 3. The molecular formula is C22H24O6S2. The molecule has 6 nitrogen and oxygen atoms in total. The van der Waals surface area contributed by atoms with Crippen LogP contribution in [0, 0.1) is 27.7 Å². The van der Waals surface area contributed by atoms with Gasteiger partial charge in [0, 0.05) is 0 Å². The molecule has 3 aromatic carbocycles. The van der Waals surface area contributed by atoms with Gasteiger partial charge in [0.25, 0.3) is 20.2 Å². The van der Waals surface area contributed by atoms with Crippen LogP contribution in [0.2, 0.25) is 0 Å². The lowest BCUT2D eigenvalue weighted by Gasteiger charge is -2.18. The van der Waals surface area contributed by atoms with E-state index in [0.717, 1.165) is 11.1 Å². The van der Waals surface area contributed by atoms with Crippen LogP contribution < -0.4 is 0 Å². The van der Waals surface area contributed by atoms with Gasteiger partial charge in [-0.05, 0) is 91.3 Å². The van der Waals surface area contributed by atoms with Crippen molar-refractivity contribution in [1.29, 1.82) is 0 Å².